The molecule has 0 aliphatic carbocycles. The number of benzene rings is 1. The number of phenols is 1. The summed E-state index contributed by atoms with van der Waals surface area (Å²) < 4.78 is 5.16. The Morgan fingerprint density at radius 2 is 1.96 bits per heavy atom. The lowest BCUT2D eigenvalue weighted by molar-refractivity contribution is -0.142. The van der Waals surface area contributed by atoms with Crippen molar-refractivity contribution in [2.45, 2.75) is 39.7 Å². The van der Waals surface area contributed by atoms with Gasteiger partial charge in [-0.2, -0.15) is 0 Å². The van der Waals surface area contributed by atoms with Crippen molar-refractivity contribution in [1.82, 2.24) is 5.32 Å². The fourth-order valence-corrected chi connectivity index (χ4v) is 2.69. The van der Waals surface area contributed by atoms with Crippen molar-refractivity contribution < 1.29 is 24.2 Å². The number of aryl methyl sites for hydroxylation is 1. The van der Waals surface area contributed by atoms with E-state index in [0.717, 1.165) is 0 Å². The van der Waals surface area contributed by atoms with Crippen LogP contribution >= 0.6 is 0 Å². The lowest BCUT2D eigenvalue weighted by Gasteiger charge is -2.16. The molecule has 0 aliphatic rings. The fraction of sp³-hybridized carbons (Fsp3) is 0.389. The maximum absolute atomic E-state index is 12.2. The van der Waals surface area contributed by atoms with Crippen molar-refractivity contribution in [1.29, 1.82) is 0 Å². The smallest absolute Gasteiger partial charge is 0.340 e. The topological polar surface area (TPSA) is 117 Å². The predicted octanol–water partition coefficient (Wildman–Crippen LogP) is 1.97. The molecule has 0 unspecified atom stereocenters. The summed E-state index contributed by atoms with van der Waals surface area (Å²) in [5, 5.41) is 21.7. The van der Waals surface area contributed by atoms with Crippen molar-refractivity contribution in [2.24, 2.45) is 5.92 Å². The average molecular weight is 347 g/mol. The van der Waals surface area contributed by atoms with Crippen molar-refractivity contribution in [2.75, 3.05) is 0 Å². The van der Waals surface area contributed by atoms with Gasteiger partial charge in [-0.3, -0.25) is 4.79 Å². The van der Waals surface area contributed by atoms with E-state index in [2.05, 4.69) is 5.32 Å². The van der Waals surface area contributed by atoms with E-state index >= 15 is 0 Å². The van der Waals surface area contributed by atoms with Crippen LogP contribution in [0.25, 0.3) is 11.0 Å². The molecule has 1 atom stereocenters. The Labute approximate surface area is 144 Å². The summed E-state index contributed by atoms with van der Waals surface area (Å²) in [5.41, 5.74) is 0.290. The van der Waals surface area contributed by atoms with Crippen LogP contribution in [0.5, 0.6) is 5.75 Å². The molecule has 134 valence electrons. The van der Waals surface area contributed by atoms with Gasteiger partial charge in [0.1, 0.15) is 17.4 Å². The molecule has 2 aromatic rings. The zero-order chi connectivity index (χ0) is 18.7. The molecule has 0 aliphatic heterocycles. The van der Waals surface area contributed by atoms with Crippen LogP contribution < -0.4 is 10.9 Å². The van der Waals surface area contributed by atoms with Gasteiger partial charge in [0.05, 0.1) is 12.0 Å². The number of fused-ring (bicyclic) bond motifs is 1. The van der Waals surface area contributed by atoms with Gasteiger partial charge < -0.3 is 19.9 Å². The maximum Gasteiger partial charge on any atom is 0.340 e. The van der Waals surface area contributed by atoms with Gasteiger partial charge in [-0.1, -0.05) is 13.8 Å². The Morgan fingerprint density at radius 1 is 1.28 bits per heavy atom. The van der Waals surface area contributed by atoms with Gasteiger partial charge in [0.15, 0.2) is 0 Å². The minimum atomic E-state index is -1.11. The van der Waals surface area contributed by atoms with Crippen molar-refractivity contribution in [3.8, 4) is 5.75 Å². The number of aliphatic carboxylic acids is 1. The zero-order valence-corrected chi connectivity index (χ0v) is 14.3. The van der Waals surface area contributed by atoms with Crippen LogP contribution in [0.4, 0.5) is 0 Å². The summed E-state index contributed by atoms with van der Waals surface area (Å²) in [7, 11) is 0. The molecule has 0 fully saturated rings. The van der Waals surface area contributed by atoms with E-state index in [9.17, 15) is 24.6 Å². The Morgan fingerprint density at radius 3 is 2.56 bits per heavy atom. The Hall–Kier alpha value is -2.83. The second-order valence-corrected chi connectivity index (χ2v) is 6.44. The SMILES string of the molecule is Cc1c(CC(=O)N[C@@H](CC(C)C)C(=O)O)c(=O)oc2cc(O)ccc12. The molecule has 0 bridgehead atoms. The van der Waals surface area contributed by atoms with Gasteiger partial charge in [0, 0.05) is 11.5 Å². The molecular formula is C18H21NO6. The van der Waals surface area contributed by atoms with E-state index < -0.39 is 23.5 Å². The van der Waals surface area contributed by atoms with Gasteiger partial charge in [-0.05, 0) is 37.0 Å². The number of amides is 1. The number of nitrogens with one attached hydrogen (secondary N) is 1. The number of carbonyl (C=O) groups excluding carboxylic acids is 1. The molecule has 25 heavy (non-hydrogen) atoms. The third-order valence-corrected chi connectivity index (χ3v) is 3.95. The molecule has 1 amide bonds. The number of aromatic hydroxyl groups is 1. The first-order valence-corrected chi connectivity index (χ1v) is 7.96. The van der Waals surface area contributed by atoms with Crippen LogP contribution in [0, 0.1) is 12.8 Å². The fourth-order valence-electron chi connectivity index (χ4n) is 2.69. The van der Waals surface area contributed by atoms with Crippen molar-refractivity contribution in [3.05, 3.63) is 39.7 Å². The summed E-state index contributed by atoms with van der Waals surface area (Å²) in [6.07, 6.45) is 0.0263. The van der Waals surface area contributed by atoms with E-state index in [1.165, 1.54) is 12.1 Å². The molecular weight excluding hydrogens is 326 g/mol. The third kappa shape index (κ3) is 4.37. The number of carboxylic acids is 1. The van der Waals surface area contributed by atoms with E-state index in [-0.39, 0.29) is 29.2 Å². The maximum atomic E-state index is 12.2. The van der Waals surface area contributed by atoms with E-state index in [1.807, 2.05) is 13.8 Å². The van der Waals surface area contributed by atoms with Crippen LogP contribution in [-0.4, -0.2) is 28.1 Å². The standard InChI is InChI=1S/C18H21NO6/c1-9(2)6-14(17(22)23)19-16(21)8-13-10(3)12-5-4-11(20)7-15(12)25-18(13)24/h4-5,7,9,14,20H,6,8H2,1-3H3,(H,19,21)(H,22,23)/t14-/m0/s1. The molecule has 0 spiro atoms. The number of carboxylic acid groups (broad SMARTS) is 1. The molecule has 0 saturated heterocycles. The first-order chi connectivity index (χ1) is 11.7. The highest BCUT2D eigenvalue weighted by molar-refractivity contribution is 5.87. The molecule has 7 nitrogen and oxygen atoms in total. The largest absolute Gasteiger partial charge is 0.508 e. The highest BCUT2D eigenvalue weighted by atomic mass is 16.4. The first kappa shape index (κ1) is 18.5. The predicted molar refractivity (Wildman–Crippen MR) is 91.6 cm³/mol. The normalized spacial score (nSPS) is 12.3. The summed E-state index contributed by atoms with van der Waals surface area (Å²) in [5.74, 6) is -1.60. The van der Waals surface area contributed by atoms with Crippen molar-refractivity contribution >= 4 is 22.8 Å². The van der Waals surface area contributed by atoms with Crippen LogP contribution in [0.2, 0.25) is 0 Å². The van der Waals surface area contributed by atoms with E-state index in [0.29, 0.717) is 17.4 Å². The molecule has 2 rings (SSSR count). The monoisotopic (exact) mass is 347 g/mol. The molecule has 1 heterocycles. The molecule has 1 aromatic carbocycles. The summed E-state index contributed by atoms with van der Waals surface area (Å²) in [6, 6.07) is 3.39. The first-order valence-electron chi connectivity index (χ1n) is 7.96. The molecule has 0 saturated carbocycles. The Bertz CT molecular complexity index is 868. The van der Waals surface area contributed by atoms with Crippen LogP contribution in [0.1, 0.15) is 31.4 Å². The minimum absolute atomic E-state index is 0.0291. The third-order valence-electron chi connectivity index (χ3n) is 3.95. The Kier molecular flexibility index (Phi) is 5.46. The molecule has 3 N–H and O–H groups in total. The number of hydrogen-bond donors (Lipinski definition) is 3. The van der Waals surface area contributed by atoms with E-state index in [4.69, 9.17) is 4.42 Å². The minimum Gasteiger partial charge on any atom is -0.508 e. The van der Waals surface area contributed by atoms with Gasteiger partial charge >= 0.3 is 11.6 Å². The second kappa shape index (κ2) is 7.38. The summed E-state index contributed by atoms with van der Waals surface area (Å²) in [4.78, 5) is 35.6. The summed E-state index contributed by atoms with van der Waals surface area (Å²) >= 11 is 0. The number of hydrogen-bond acceptors (Lipinski definition) is 5. The van der Waals surface area contributed by atoms with Crippen LogP contribution in [-0.2, 0) is 16.0 Å². The molecule has 7 heteroatoms. The second-order valence-electron chi connectivity index (χ2n) is 6.44. The van der Waals surface area contributed by atoms with Gasteiger partial charge in [0.2, 0.25) is 5.91 Å². The van der Waals surface area contributed by atoms with Crippen molar-refractivity contribution in [3.63, 3.8) is 0 Å². The van der Waals surface area contributed by atoms with Crippen LogP contribution in [0.3, 0.4) is 0 Å². The average Bonchev–Trinajstić information content (AvgIpc) is 2.49. The molecule has 1 aromatic heterocycles. The van der Waals surface area contributed by atoms with Crippen LogP contribution in [0.15, 0.2) is 27.4 Å². The number of carbonyl (C=O) groups is 2. The quantitative estimate of drug-likeness (QED) is 0.688. The number of rotatable bonds is 6. The van der Waals surface area contributed by atoms with E-state index in [1.54, 1.807) is 13.0 Å². The summed E-state index contributed by atoms with van der Waals surface area (Å²) in [6.45, 7) is 5.40. The molecule has 0 radical (unpaired) electrons. The zero-order valence-electron chi connectivity index (χ0n) is 14.3. The highest BCUT2D eigenvalue weighted by Crippen LogP contribution is 2.23. The lowest BCUT2D eigenvalue weighted by atomic mass is 10.0. The number of phenolic OH excluding ortho intramolecular Hbond substituents is 1. The van der Waals surface area contributed by atoms with Gasteiger partial charge in [0.25, 0.3) is 0 Å². The lowest BCUT2D eigenvalue weighted by Crippen LogP contribution is -2.42. The van der Waals surface area contributed by atoms with Gasteiger partial charge in [-0.25, -0.2) is 9.59 Å². The highest BCUT2D eigenvalue weighted by Gasteiger charge is 2.22. The Balaban J connectivity index is 2.27. The van der Waals surface area contributed by atoms with Gasteiger partial charge in [-0.15, -0.1) is 0 Å².